The van der Waals surface area contributed by atoms with Crippen LogP contribution in [-0.4, -0.2) is 15.8 Å². The Morgan fingerprint density at radius 2 is 2.10 bits per heavy atom. The third kappa shape index (κ3) is 2.93. The minimum absolute atomic E-state index is 0.488. The molecule has 1 saturated carbocycles. The van der Waals surface area contributed by atoms with E-state index >= 15 is 0 Å². The first-order valence-electron chi connectivity index (χ1n) is 7.60. The summed E-state index contributed by atoms with van der Waals surface area (Å²) < 4.78 is 2.07. The number of nitrogens with zero attached hydrogens (tertiary/aromatic N) is 2. The van der Waals surface area contributed by atoms with E-state index in [1.54, 1.807) is 0 Å². The van der Waals surface area contributed by atoms with Crippen molar-refractivity contribution in [3.63, 3.8) is 0 Å². The monoisotopic (exact) mass is 269 g/mol. The maximum atomic E-state index is 4.63. The summed E-state index contributed by atoms with van der Waals surface area (Å²) in [5, 5.41) is 8.25. The second kappa shape index (κ2) is 5.80. The predicted octanol–water partition coefficient (Wildman–Crippen LogP) is 3.50. The lowest BCUT2D eigenvalue weighted by atomic mass is 10.1. The summed E-state index contributed by atoms with van der Waals surface area (Å²) in [7, 11) is 0. The molecule has 0 spiro atoms. The number of hydrogen-bond donors (Lipinski definition) is 1. The van der Waals surface area contributed by atoms with E-state index in [-0.39, 0.29) is 0 Å². The largest absolute Gasteiger partial charge is 0.308 e. The number of aromatic nitrogens is 2. The summed E-state index contributed by atoms with van der Waals surface area (Å²) in [6, 6.07) is 14.0. The first kappa shape index (κ1) is 13.4. The van der Waals surface area contributed by atoms with Gasteiger partial charge in [-0.1, -0.05) is 37.3 Å². The van der Waals surface area contributed by atoms with Gasteiger partial charge in [-0.05, 0) is 31.4 Å². The average Bonchev–Trinajstić information content (AvgIpc) is 3.13. The maximum absolute atomic E-state index is 4.63. The zero-order valence-electron chi connectivity index (χ0n) is 12.3. The molecule has 1 aliphatic rings. The molecule has 2 aromatic rings. The maximum Gasteiger partial charge on any atom is 0.0762 e. The molecule has 0 amide bonds. The fraction of sp³-hybridized carbons (Fsp3) is 0.471. The van der Waals surface area contributed by atoms with Gasteiger partial charge < -0.3 is 5.32 Å². The van der Waals surface area contributed by atoms with Crippen LogP contribution in [-0.2, 0) is 6.54 Å². The van der Waals surface area contributed by atoms with E-state index in [0.717, 1.165) is 18.7 Å². The highest BCUT2D eigenvalue weighted by Gasteiger charge is 2.37. The molecule has 3 heteroatoms. The van der Waals surface area contributed by atoms with Crippen LogP contribution in [0.25, 0.3) is 0 Å². The molecule has 3 nitrogen and oxygen atoms in total. The van der Waals surface area contributed by atoms with Gasteiger partial charge >= 0.3 is 0 Å². The summed E-state index contributed by atoms with van der Waals surface area (Å²) >= 11 is 0. The molecule has 0 radical (unpaired) electrons. The van der Waals surface area contributed by atoms with Crippen LogP contribution in [0.2, 0.25) is 0 Å². The summed E-state index contributed by atoms with van der Waals surface area (Å²) in [4.78, 5) is 0. The Bertz CT molecular complexity index is 546. The topological polar surface area (TPSA) is 29.9 Å². The van der Waals surface area contributed by atoms with Gasteiger partial charge in [0.25, 0.3) is 0 Å². The molecule has 0 aliphatic heterocycles. The third-order valence-corrected chi connectivity index (χ3v) is 4.27. The highest BCUT2D eigenvalue weighted by Crippen LogP contribution is 2.40. The summed E-state index contributed by atoms with van der Waals surface area (Å²) in [6.45, 7) is 5.27. The van der Waals surface area contributed by atoms with Gasteiger partial charge in [-0.15, -0.1) is 0 Å². The highest BCUT2D eigenvalue weighted by molar-refractivity contribution is 5.27. The Labute approximate surface area is 121 Å². The summed E-state index contributed by atoms with van der Waals surface area (Å²) in [5.74, 6) is 0.688. The van der Waals surface area contributed by atoms with Gasteiger partial charge in [0.1, 0.15) is 0 Å². The van der Waals surface area contributed by atoms with Crippen LogP contribution in [0.1, 0.15) is 49.9 Å². The van der Waals surface area contributed by atoms with Crippen molar-refractivity contribution in [3.8, 4) is 0 Å². The molecular formula is C17H23N3. The summed E-state index contributed by atoms with van der Waals surface area (Å²) in [5.41, 5.74) is 2.60. The molecule has 0 saturated heterocycles. The molecule has 0 bridgehead atoms. The highest BCUT2D eigenvalue weighted by atomic mass is 15.3. The molecule has 1 aromatic heterocycles. The second-order valence-corrected chi connectivity index (χ2v) is 5.78. The Morgan fingerprint density at radius 3 is 2.85 bits per heavy atom. The van der Waals surface area contributed by atoms with Crippen molar-refractivity contribution in [1.29, 1.82) is 0 Å². The van der Waals surface area contributed by atoms with E-state index in [2.05, 4.69) is 71.5 Å². The predicted molar refractivity (Wildman–Crippen MR) is 81.7 cm³/mol. The Kier molecular flexibility index (Phi) is 3.88. The van der Waals surface area contributed by atoms with Crippen LogP contribution in [0.15, 0.2) is 42.6 Å². The van der Waals surface area contributed by atoms with Crippen LogP contribution in [0.5, 0.6) is 0 Å². The molecule has 1 fully saturated rings. The molecule has 106 valence electrons. The third-order valence-electron chi connectivity index (χ3n) is 4.27. The average molecular weight is 269 g/mol. The van der Waals surface area contributed by atoms with Crippen LogP contribution >= 0.6 is 0 Å². The van der Waals surface area contributed by atoms with Crippen molar-refractivity contribution in [2.24, 2.45) is 0 Å². The van der Waals surface area contributed by atoms with E-state index in [0.29, 0.717) is 18.0 Å². The van der Waals surface area contributed by atoms with Crippen molar-refractivity contribution in [3.05, 3.63) is 53.9 Å². The van der Waals surface area contributed by atoms with Crippen LogP contribution in [0, 0.1) is 0 Å². The van der Waals surface area contributed by atoms with Gasteiger partial charge in [-0.3, -0.25) is 4.68 Å². The molecule has 1 aliphatic carbocycles. The summed E-state index contributed by atoms with van der Waals surface area (Å²) in [6.07, 6.45) is 4.45. The first-order valence-corrected chi connectivity index (χ1v) is 7.60. The number of rotatable bonds is 6. The van der Waals surface area contributed by atoms with Crippen LogP contribution < -0.4 is 5.32 Å². The Morgan fingerprint density at radius 1 is 1.30 bits per heavy atom. The van der Waals surface area contributed by atoms with Gasteiger partial charge in [0.15, 0.2) is 0 Å². The van der Waals surface area contributed by atoms with E-state index in [4.69, 9.17) is 0 Å². The normalized spacial score (nSPS) is 22.7. The minimum atomic E-state index is 0.488. The van der Waals surface area contributed by atoms with Gasteiger partial charge in [-0.2, -0.15) is 5.10 Å². The molecular weight excluding hydrogens is 246 g/mol. The van der Waals surface area contributed by atoms with Crippen LogP contribution in [0.3, 0.4) is 0 Å². The van der Waals surface area contributed by atoms with E-state index in [1.807, 2.05) is 0 Å². The lowest BCUT2D eigenvalue weighted by Crippen LogP contribution is -2.18. The van der Waals surface area contributed by atoms with Gasteiger partial charge in [0.2, 0.25) is 0 Å². The SMILES string of the molecule is CCC(C)n1ccc(CNC2CC2c2ccccc2)n1. The molecule has 1 heterocycles. The van der Waals surface area contributed by atoms with E-state index in [1.165, 1.54) is 12.0 Å². The fourth-order valence-electron chi connectivity index (χ4n) is 2.63. The molecule has 3 atom stereocenters. The Balaban J connectivity index is 1.50. The smallest absolute Gasteiger partial charge is 0.0762 e. The van der Waals surface area contributed by atoms with Crippen molar-refractivity contribution in [2.75, 3.05) is 0 Å². The van der Waals surface area contributed by atoms with Crippen molar-refractivity contribution >= 4 is 0 Å². The van der Waals surface area contributed by atoms with Crippen molar-refractivity contribution < 1.29 is 0 Å². The fourth-order valence-corrected chi connectivity index (χ4v) is 2.63. The van der Waals surface area contributed by atoms with Gasteiger partial charge in [0, 0.05) is 30.7 Å². The van der Waals surface area contributed by atoms with Gasteiger partial charge in [-0.25, -0.2) is 0 Å². The Hall–Kier alpha value is -1.61. The molecule has 1 N–H and O–H groups in total. The van der Waals surface area contributed by atoms with Crippen molar-refractivity contribution in [2.45, 2.75) is 51.2 Å². The van der Waals surface area contributed by atoms with Gasteiger partial charge in [0.05, 0.1) is 5.69 Å². The number of nitrogens with one attached hydrogen (secondary N) is 1. The van der Waals surface area contributed by atoms with E-state index < -0.39 is 0 Å². The molecule has 3 unspecified atom stereocenters. The second-order valence-electron chi connectivity index (χ2n) is 5.78. The van der Waals surface area contributed by atoms with Crippen molar-refractivity contribution in [1.82, 2.24) is 15.1 Å². The first-order chi connectivity index (χ1) is 9.78. The number of benzene rings is 1. The lowest BCUT2D eigenvalue weighted by Gasteiger charge is -2.08. The zero-order chi connectivity index (χ0) is 13.9. The number of hydrogen-bond acceptors (Lipinski definition) is 2. The standard InChI is InChI=1S/C17H23N3/c1-3-13(2)20-10-9-15(19-20)12-18-17-11-16(17)14-7-5-4-6-8-14/h4-10,13,16-18H,3,11-12H2,1-2H3. The lowest BCUT2D eigenvalue weighted by molar-refractivity contribution is 0.471. The zero-order valence-corrected chi connectivity index (χ0v) is 12.3. The van der Waals surface area contributed by atoms with Crippen LogP contribution in [0.4, 0.5) is 0 Å². The van der Waals surface area contributed by atoms with E-state index in [9.17, 15) is 0 Å². The minimum Gasteiger partial charge on any atom is -0.308 e. The molecule has 20 heavy (non-hydrogen) atoms. The molecule has 3 rings (SSSR count). The molecule has 1 aromatic carbocycles. The quantitative estimate of drug-likeness (QED) is 0.870.